The molecule has 1 amide bonds. The van der Waals surface area contributed by atoms with E-state index >= 15 is 0 Å². The number of nitrogens with zero attached hydrogens (tertiary/aromatic N) is 1. The van der Waals surface area contributed by atoms with Gasteiger partial charge in [-0.15, -0.1) is 11.6 Å². The van der Waals surface area contributed by atoms with Crippen LogP contribution in [-0.4, -0.2) is 42.9 Å². The molecule has 4 nitrogen and oxygen atoms in total. The second kappa shape index (κ2) is 7.38. The van der Waals surface area contributed by atoms with E-state index in [1.807, 2.05) is 0 Å². The van der Waals surface area contributed by atoms with Crippen molar-refractivity contribution in [3.8, 4) is 0 Å². The van der Waals surface area contributed by atoms with Crippen molar-refractivity contribution < 1.29 is 14.3 Å². The number of halogens is 1. The molecule has 0 aliphatic rings. The van der Waals surface area contributed by atoms with Gasteiger partial charge in [0.25, 0.3) is 0 Å². The number of hydrogen-bond donors (Lipinski definition) is 0. The smallest absolute Gasteiger partial charge is 0.333 e. The number of hydrogen-bond acceptors (Lipinski definition) is 3. The van der Waals surface area contributed by atoms with Crippen LogP contribution in [0.25, 0.3) is 0 Å². The zero-order chi connectivity index (χ0) is 11.0. The maximum Gasteiger partial charge on any atom is 0.333 e. The number of carbonyl (C=O) groups excluding carboxylic acids is 2. The fraction of sp³-hybridized carbons (Fsp3) is 0.556. The van der Waals surface area contributed by atoms with Crippen LogP contribution in [-0.2, 0) is 14.3 Å². The van der Waals surface area contributed by atoms with Crippen molar-refractivity contribution in [2.24, 2.45) is 0 Å². The lowest BCUT2D eigenvalue weighted by molar-refractivity contribution is -0.140. The third-order valence-corrected chi connectivity index (χ3v) is 1.65. The average Bonchev–Trinajstić information content (AvgIpc) is 2.16. The summed E-state index contributed by atoms with van der Waals surface area (Å²) in [5, 5.41) is 0. The molecular formula is C9H14ClNO3. The summed E-state index contributed by atoms with van der Waals surface area (Å²) in [6.07, 6.45) is 0.678. The first-order valence-electron chi connectivity index (χ1n) is 4.19. The highest BCUT2D eigenvalue weighted by molar-refractivity contribution is 6.18. The van der Waals surface area contributed by atoms with Crippen LogP contribution in [0.4, 0.5) is 0 Å². The molecule has 14 heavy (non-hydrogen) atoms. The van der Waals surface area contributed by atoms with Crippen molar-refractivity contribution in [2.75, 3.05) is 25.6 Å². The van der Waals surface area contributed by atoms with E-state index in [9.17, 15) is 9.59 Å². The van der Waals surface area contributed by atoms with Crippen LogP contribution in [0.15, 0.2) is 12.2 Å². The number of carbonyl (C=O) groups is 2. The minimum absolute atomic E-state index is 0.168. The Morgan fingerprint density at radius 2 is 2.21 bits per heavy atom. The summed E-state index contributed by atoms with van der Waals surface area (Å²) in [5.74, 6) is -0.0746. The molecule has 0 aromatic heterocycles. The van der Waals surface area contributed by atoms with Crippen molar-refractivity contribution in [2.45, 2.75) is 6.92 Å². The van der Waals surface area contributed by atoms with Crippen LogP contribution in [0.3, 0.4) is 0 Å². The molecule has 0 radical (unpaired) electrons. The lowest BCUT2D eigenvalue weighted by atomic mass is 10.4. The lowest BCUT2D eigenvalue weighted by Crippen LogP contribution is -2.28. The SMILES string of the molecule is C=C(C)C(=O)OCCN(C=O)CCCl. The van der Waals surface area contributed by atoms with Gasteiger partial charge in [-0.1, -0.05) is 6.58 Å². The van der Waals surface area contributed by atoms with Gasteiger partial charge >= 0.3 is 5.97 Å². The van der Waals surface area contributed by atoms with Gasteiger partial charge < -0.3 is 9.64 Å². The zero-order valence-corrected chi connectivity index (χ0v) is 8.92. The van der Waals surface area contributed by atoms with E-state index in [0.29, 0.717) is 31.0 Å². The quantitative estimate of drug-likeness (QED) is 0.276. The Kier molecular flexibility index (Phi) is 6.84. The second-order valence-electron chi connectivity index (χ2n) is 2.75. The molecule has 0 bridgehead atoms. The van der Waals surface area contributed by atoms with Crippen molar-refractivity contribution in [1.29, 1.82) is 0 Å². The molecule has 0 fully saturated rings. The Labute approximate surface area is 88.5 Å². The van der Waals surface area contributed by atoms with Gasteiger partial charge in [-0.05, 0) is 6.92 Å². The molecular weight excluding hydrogens is 206 g/mol. The van der Waals surface area contributed by atoms with E-state index in [1.54, 1.807) is 6.92 Å². The lowest BCUT2D eigenvalue weighted by Gasteiger charge is -2.15. The number of ether oxygens (including phenoxy) is 1. The summed E-state index contributed by atoms with van der Waals surface area (Å²) in [5.41, 5.74) is 0.347. The predicted octanol–water partition coefficient (Wildman–Crippen LogP) is 0.803. The highest BCUT2D eigenvalue weighted by atomic mass is 35.5. The maximum absolute atomic E-state index is 10.9. The summed E-state index contributed by atoms with van der Waals surface area (Å²) in [7, 11) is 0. The van der Waals surface area contributed by atoms with Gasteiger partial charge in [-0.25, -0.2) is 4.79 Å². The van der Waals surface area contributed by atoms with Gasteiger partial charge in [0.2, 0.25) is 6.41 Å². The molecule has 5 heteroatoms. The predicted molar refractivity (Wildman–Crippen MR) is 54.1 cm³/mol. The van der Waals surface area contributed by atoms with Crippen LogP contribution >= 0.6 is 11.6 Å². The van der Waals surface area contributed by atoms with Gasteiger partial charge in [0.15, 0.2) is 0 Å². The largest absolute Gasteiger partial charge is 0.460 e. The summed E-state index contributed by atoms with van der Waals surface area (Å²) in [4.78, 5) is 22.8. The van der Waals surface area contributed by atoms with E-state index in [-0.39, 0.29) is 6.61 Å². The topological polar surface area (TPSA) is 46.6 Å². The summed E-state index contributed by atoms with van der Waals surface area (Å²) in [6.45, 7) is 5.98. The minimum Gasteiger partial charge on any atom is -0.460 e. The molecule has 0 saturated heterocycles. The molecule has 0 saturated carbocycles. The number of alkyl halides is 1. The number of rotatable bonds is 7. The van der Waals surface area contributed by atoms with Gasteiger partial charge in [0.1, 0.15) is 6.61 Å². The van der Waals surface area contributed by atoms with Crippen molar-refractivity contribution in [1.82, 2.24) is 4.90 Å². The molecule has 0 aliphatic heterocycles. The molecule has 0 unspecified atom stereocenters. The molecule has 0 spiro atoms. The monoisotopic (exact) mass is 219 g/mol. The first-order valence-corrected chi connectivity index (χ1v) is 4.73. The van der Waals surface area contributed by atoms with Gasteiger partial charge in [-0.3, -0.25) is 4.79 Å². The van der Waals surface area contributed by atoms with E-state index in [2.05, 4.69) is 6.58 Å². The maximum atomic E-state index is 10.9. The molecule has 0 heterocycles. The Bertz CT molecular complexity index is 218. The Morgan fingerprint density at radius 3 is 2.64 bits per heavy atom. The molecule has 0 aromatic carbocycles. The van der Waals surface area contributed by atoms with Gasteiger partial charge in [0, 0.05) is 18.0 Å². The number of amides is 1. The van der Waals surface area contributed by atoms with E-state index < -0.39 is 5.97 Å². The van der Waals surface area contributed by atoms with Crippen LogP contribution in [0, 0.1) is 0 Å². The fourth-order valence-corrected chi connectivity index (χ4v) is 0.922. The highest BCUT2D eigenvalue weighted by Gasteiger charge is 2.04. The standard InChI is InChI=1S/C9H14ClNO3/c1-8(2)9(13)14-6-5-11(7-12)4-3-10/h7H,1,3-6H2,2H3. The third-order valence-electron chi connectivity index (χ3n) is 1.48. The van der Waals surface area contributed by atoms with E-state index in [0.717, 1.165) is 0 Å². The van der Waals surface area contributed by atoms with E-state index in [4.69, 9.17) is 16.3 Å². The first-order chi connectivity index (χ1) is 6.61. The summed E-state index contributed by atoms with van der Waals surface area (Å²) < 4.78 is 4.80. The van der Waals surface area contributed by atoms with Crippen LogP contribution in [0.1, 0.15) is 6.92 Å². The minimum atomic E-state index is -0.443. The number of esters is 1. The van der Waals surface area contributed by atoms with Gasteiger partial charge in [0.05, 0.1) is 6.54 Å². The van der Waals surface area contributed by atoms with Gasteiger partial charge in [-0.2, -0.15) is 0 Å². The highest BCUT2D eigenvalue weighted by Crippen LogP contribution is 1.93. The fourth-order valence-electron chi connectivity index (χ4n) is 0.705. The van der Waals surface area contributed by atoms with E-state index in [1.165, 1.54) is 4.90 Å². The zero-order valence-electron chi connectivity index (χ0n) is 8.16. The van der Waals surface area contributed by atoms with Crippen molar-refractivity contribution in [3.63, 3.8) is 0 Å². The third kappa shape index (κ3) is 5.59. The van der Waals surface area contributed by atoms with Crippen LogP contribution in [0.5, 0.6) is 0 Å². The molecule has 0 rings (SSSR count). The molecule has 0 aromatic rings. The first kappa shape index (κ1) is 13.0. The molecule has 80 valence electrons. The summed E-state index contributed by atoms with van der Waals surface area (Å²) >= 11 is 5.44. The molecule has 0 atom stereocenters. The molecule has 0 N–H and O–H groups in total. The summed E-state index contributed by atoms with van der Waals surface area (Å²) in [6, 6.07) is 0. The molecule has 0 aliphatic carbocycles. The normalized spacial score (nSPS) is 9.29. The second-order valence-corrected chi connectivity index (χ2v) is 3.12. The van der Waals surface area contributed by atoms with Crippen molar-refractivity contribution in [3.05, 3.63) is 12.2 Å². The van der Waals surface area contributed by atoms with Crippen LogP contribution < -0.4 is 0 Å². The Balaban J connectivity index is 3.65. The average molecular weight is 220 g/mol. The Hall–Kier alpha value is -1.03. The Morgan fingerprint density at radius 1 is 1.57 bits per heavy atom. The van der Waals surface area contributed by atoms with Crippen molar-refractivity contribution >= 4 is 24.0 Å². The van der Waals surface area contributed by atoms with Crippen LogP contribution in [0.2, 0.25) is 0 Å².